The third-order valence-corrected chi connectivity index (χ3v) is 5.57. The molecule has 1 unspecified atom stereocenters. The number of hydrogen-bond donors (Lipinski definition) is 1. The third-order valence-electron chi connectivity index (χ3n) is 5.57. The van der Waals surface area contributed by atoms with Gasteiger partial charge in [-0.1, -0.05) is 54.6 Å². The highest BCUT2D eigenvalue weighted by Crippen LogP contribution is 2.26. The van der Waals surface area contributed by atoms with Gasteiger partial charge in [-0.05, 0) is 44.2 Å². The van der Waals surface area contributed by atoms with Crippen molar-refractivity contribution in [3.05, 3.63) is 114 Å². The van der Waals surface area contributed by atoms with Crippen LogP contribution in [-0.2, 0) is 9.53 Å². The van der Waals surface area contributed by atoms with Crippen LogP contribution in [0.25, 0.3) is 5.69 Å². The van der Waals surface area contributed by atoms with Gasteiger partial charge < -0.3 is 19.4 Å². The van der Waals surface area contributed by atoms with Crippen molar-refractivity contribution >= 4 is 17.6 Å². The molecule has 4 rings (SSSR count). The largest absolute Gasteiger partial charge is 0.497 e. The van der Waals surface area contributed by atoms with Crippen LogP contribution in [0, 0.1) is 13.8 Å². The summed E-state index contributed by atoms with van der Waals surface area (Å²) in [5.41, 5.74) is 4.13. The number of aromatic nitrogens is 1. The van der Waals surface area contributed by atoms with Crippen molar-refractivity contribution < 1.29 is 19.1 Å². The van der Waals surface area contributed by atoms with E-state index in [-0.39, 0.29) is 0 Å². The van der Waals surface area contributed by atoms with E-state index in [1.54, 1.807) is 61.7 Å². The van der Waals surface area contributed by atoms with E-state index in [0.717, 1.165) is 17.1 Å². The number of ether oxygens (including phenoxy) is 2. The lowest BCUT2D eigenvalue weighted by Gasteiger charge is -2.18. The first-order chi connectivity index (χ1) is 16.5. The summed E-state index contributed by atoms with van der Waals surface area (Å²) in [6.45, 7) is 3.80. The molecule has 1 heterocycles. The van der Waals surface area contributed by atoms with E-state index in [4.69, 9.17) is 9.47 Å². The van der Waals surface area contributed by atoms with Gasteiger partial charge in [-0.2, -0.15) is 0 Å². The van der Waals surface area contributed by atoms with Crippen LogP contribution in [0.15, 0.2) is 91.0 Å². The molecule has 0 spiro atoms. The van der Waals surface area contributed by atoms with Crippen molar-refractivity contribution in [3.8, 4) is 11.4 Å². The van der Waals surface area contributed by atoms with Crippen molar-refractivity contribution in [2.75, 3.05) is 12.4 Å². The highest BCUT2D eigenvalue weighted by atomic mass is 16.5. The Morgan fingerprint density at radius 1 is 0.853 bits per heavy atom. The number of methoxy groups -OCH3 is 1. The van der Waals surface area contributed by atoms with E-state index in [9.17, 15) is 9.59 Å². The average Bonchev–Trinajstić information content (AvgIpc) is 3.17. The van der Waals surface area contributed by atoms with Crippen molar-refractivity contribution in [3.63, 3.8) is 0 Å². The van der Waals surface area contributed by atoms with Crippen LogP contribution >= 0.6 is 0 Å². The number of rotatable bonds is 7. The van der Waals surface area contributed by atoms with Crippen molar-refractivity contribution in [2.45, 2.75) is 20.0 Å². The number of amides is 1. The number of nitrogens with zero attached hydrogens (tertiary/aromatic N) is 1. The Hall–Kier alpha value is -4.32. The lowest BCUT2D eigenvalue weighted by Crippen LogP contribution is -2.26. The molecule has 1 aromatic heterocycles. The molecule has 0 bridgehead atoms. The van der Waals surface area contributed by atoms with Crippen LogP contribution in [0.5, 0.6) is 5.75 Å². The monoisotopic (exact) mass is 454 g/mol. The smallest absolute Gasteiger partial charge is 0.341 e. The molecule has 0 aliphatic rings. The number of aryl methyl sites for hydroxylation is 1. The second kappa shape index (κ2) is 10.1. The zero-order chi connectivity index (χ0) is 24.1. The molecule has 6 heteroatoms. The molecule has 0 radical (unpaired) electrons. The maximum atomic E-state index is 13.3. The Morgan fingerprint density at radius 3 is 2.21 bits per heavy atom. The zero-order valence-electron chi connectivity index (χ0n) is 19.3. The van der Waals surface area contributed by atoms with Crippen LogP contribution in [0.4, 0.5) is 5.69 Å². The molecular weight excluding hydrogens is 428 g/mol. The Morgan fingerprint density at radius 2 is 1.53 bits per heavy atom. The second-order valence-electron chi connectivity index (χ2n) is 7.87. The van der Waals surface area contributed by atoms with Gasteiger partial charge in [0.25, 0.3) is 5.91 Å². The van der Waals surface area contributed by atoms with Crippen LogP contribution in [0.2, 0.25) is 0 Å². The number of esters is 1. The van der Waals surface area contributed by atoms with Gasteiger partial charge in [0, 0.05) is 34.4 Å². The first-order valence-corrected chi connectivity index (χ1v) is 10.9. The maximum absolute atomic E-state index is 13.3. The van der Waals surface area contributed by atoms with Crippen molar-refractivity contribution in [1.29, 1.82) is 0 Å². The summed E-state index contributed by atoms with van der Waals surface area (Å²) in [4.78, 5) is 26.5. The fraction of sp³-hybridized carbons (Fsp3) is 0.143. The van der Waals surface area contributed by atoms with Gasteiger partial charge in [0.05, 0.1) is 12.7 Å². The van der Waals surface area contributed by atoms with Gasteiger partial charge in [0.2, 0.25) is 6.10 Å². The second-order valence-corrected chi connectivity index (χ2v) is 7.87. The number of para-hydroxylation sites is 1. The molecule has 3 aromatic carbocycles. The SMILES string of the molecule is COc1cccc(NC(=O)C(OC(=O)c2cc(C)n(-c3ccccc3)c2C)c2ccccc2)c1. The van der Waals surface area contributed by atoms with Crippen molar-refractivity contribution in [2.24, 2.45) is 0 Å². The lowest BCUT2D eigenvalue weighted by molar-refractivity contribution is -0.125. The minimum Gasteiger partial charge on any atom is -0.497 e. The maximum Gasteiger partial charge on any atom is 0.341 e. The summed E-state index contributed by atoms with van der Waals surface area (Å²) < 4.78 is 13.0. The number of nitrogens with one attached hydrogen (secondary N) is 1. The Kier molecular flexibility index (Phi) is 6.78. The molecule has 4 aromatic rings. The summed E-state index contributed by atoms with van der Waals surface area (Å²) in [6, 6.07) is 27.5. The van der Waals surface area contributed by atoms with Crippen LogP contribution in [0.1, 0.15) is 33.4 Å². The Bertz CT molecular complexity index is 1300. The predicted molar refractivity (Wildman–Crippen MR) is 131 cm³/mol. The standard InChI is InChI=1S/C28H26N2O4/c1-19-17-25(20(2)30(19)23-14-8-5-9-15-23)28(32)34-26(21-11-6-4-7-12-21)27(31)29-22-13-10-16-24(18-22)33-3/h4-18,26H,1-3H3,(H,29,31). The van der Waals surface area contributed by atoms with Crippen molar-refractivity contribution in [1.82, 2.24) is 4.57 Å². The fourth-order valence-corrected chi connectivity index (χ4v) is 3.92. The number of benzene rings is 3. The highest BCUT2D eigenvalue weighted by Gasteiger charge is 2.28. The normalized spacial score (nSPS) is 11.5. The van der Waals surface area contributed by atoms with Crippen LogP contribution in [0.3, 0.4) is 0 Å². The Balaban J connectivity index is 1.62. The third kappa shape index (κ3) is 4.86. The quantitative estimate of drug-likeness (QED) is 0.367. The first kappa shape index (κ1) is 22.9. The number of anilines is 1. The summed E-state index contributed by atoms with van der Waals surface area (Å²) in [5, 5.41) is 2.83. The lowest BCUT2D eigenvalue weighted by atomic mass is 10.1. The summed E-state index contributed by atoms with van der Waals surface area (Å²) in [5.74, 6) is -0.408. The van der Waals surface area contributed by atoms with Gasteiger partial charge in [-0.15, -0.1) is 0 Å². The van der Waals surface area contributed by atoms with E-state index in [0.29, 0.717) is 22.6 Å². The molecule has 0 saturated heterocycles. The number of carbonyl (C=O) groups excluding carboxylic acids is 2. The summed E-state index contributed by atoms with van der Waals surface area (Å²) >= 11 is 0. The van der Waals surface area contributed by atoms with Gasteiger partial charge in [0.15, 0.2) is 0 Å². The van der Waals surface area contributed by atoms with Gasteiger partial charge in [-0.25, -0.2) is 4.79 Å². The summed E-state index contributed by atoms with van der Waals surface area (Å²) in [7, 11) is 1.56. The fourth-order valence-electron chi connectivity index (χ4n) is 3.92. The Labute approximate surface area is 198 Å². The topological polar surface area (TPSA) is 69.6 Å². The molecule has 0 fully saturated rings. The first-order valence-electron chi connectivity index (χ1n) is 10.9. The van der Waals surface area contributed by atoms with E-state index >= 15 is 0 Å². The minimum atomic E-state index is -1.13. The highest BCUT2D eigenvalue weighted by molar-refractivity contribution is 5.98. The summed E-state index contributed by atoms with van der Waals surface area (Å²) in [6.07, 6.45) is -1.13. The van der Waals surface area contributed by atoms with E-state index < -0.39 is 18.0 Å². The number of carbonyl (C=O) groups is 2. The molecule has 1 atom stereocenters. The van der Waals surface area contributed by atoms with Crippen LogP contribution < -0.4 is 10.1 Å². The molecule has 1 N–H and O–H groups in total. The number of hydrogen-bond acceptors (Lipinski definition) is 4. The molecule has 6 nitrogen and oxygen atoms in total. The minimum absolute atomic E-state index is 0.413. The van der Waals surface area contributed by atoms with E-state index in [1.807, 2.05) is 54.8 Å². The average molecular weight is 455 g/mol. The zero-order valence-corrected chi connectivity index (χ0v) is 19.3. The molecular formula is C28H26N2O4. The molecule has 0 aliphatic heterocycles. The molecule has 34 heavy (non-hydrogen) atoms. The van der Waals surface area contributed by atoms with E-state index in [2.05, 4.69) is 5.32 Å². The van der Waals surface area contributed by atoms with E-state index in [1.165, 1.54) is 0 Å². The van der Waals surface area contributed by atoms with Gasteiger partial charge >= 0.3 is 5.97 Å². The van der Waals surface area contributed by atoms with Gasteiger partial charge in [-0.3, -0.25) is 4.79 Å². The molecule has 0 saturated carbocycles. The van der Waals surface area contributed by atoms with Gasteiger partial charge in [0.1, 0.15) is 5.75 Å². The molecule has 172 valence electrons. The molecule has 1 amide bonds. The van der Waals surface area contributed by atoms with Crippen LogP contribution in [-0.4, -0.2) is 23.6 Å². The predicted octanol–water partition coefficient (Wildman–Crippen LogP) is 5.64. The molecule has 0 aliphatic carbocycles.